The van der Waals surface area contributed by atoms with Gasteiger partial charge in [0.1, 0.15) is 11.5 Å². The first-order valence-electron chi connectivity index (χ1n) is 6.47. The van der Waals surface area contributed by atoms with Gasteiger partial charge in [0.2, 0.25) is 0 Å². The number of carbonyl (C=O) groups excluding carboxylic acids is 2. The smallest absolute Gasteiger partial charge is 0.343 e. The van der Waals surface area contributed by atoms with Crippen LogP contribution in [0.15, 0.2) is 60.7 Å². The summed E-state index contributed by atoms with van der Waals surface area (Å²) >= 11 is 0. The van der Waals surface area contributed by atoms with Gasteiger partial charge in [0.15, 0.2) is 12.2 Å². The monoisotopic (exact) mass is 302 g/mol. The van der Waals surface area contributed by atoms with Gasteiger partial charge in [-0.1, -0.05) is 36.4 Å². The van der Waals surface area contributed by atoms with Gasteiger partial charge in [-0.15, -0.1) is 0 Å². The Kier molecular flexibility index (Phi) is 5.24. The molecule has 2 rings (SSSR count). The van der Waals surface area contributed by atoms with Gasteiger partial charge in [-0.05, 0) is 24.3 Å². The standard InChI is InChI=1S/C16H14O6/c17-13(15(19)21-11-7-3-1-4-8-11)14(18)16(20)22-12-9-5-2-6-10-12/h1-10,13-14,17-18H/t13-,14-/m0/s1. The molecule has 22 heavy (non-hydrogen) atoms. The Labute approximate surface area is 126 Å². The van der Waals surface area contributed by atoms with Crippen LogP contribution < -0.4 is 9.47 Å². The minimum Gasteiger partial charge on any atom is -0.425 e. The molecule has 0 aliphatic heterocycles. The zero-order chi connectivity index (χ0) is 15.9. The van der Waals surface area contributed by atoms with E-state index < -0.39 is 24.1 Å². The van der Waals surface area contributed by atoms with Crippen molar-refractivity contribution in [2.75, 3.05) is 0 Å². The number of esters is 2. The molecule has 2 aromatic rings. The van der Waals surface area contributed by atoms with E-state index in [1.807, 2.05) is 0 Å². The highest BCUT2D eigenvalue weighted by Crippen LogP contribution is 2.13. The van der Waals surface area contributed by atoms with Crippen LogP contribution in [-0.4, -0.2) is 34.4 Å². The van der Waals surface area contributed by atoms with Crippen molar-refractivity contribution in [1.29, 1.82) is 0 Å². The molecule has 0 aromatic heterocycles. The number of hydrogen-bond acceptors (Lipinski definition) is 6. The van der Waals surface area contributed by atoms with Crippen LogP contribution in [0.3, 0.4) is 0 Å². The Balaban J connectivity index is 1.94. The van der Waals surface area contributed by atoms with Crippen molar-refractivity contribution in [3.8, 4) is 11.5 Å². The third kappa shape index (κ3) is 4.15. The summed E-state index contributed by atoms with van der Waals surface area (Å²) in [7, 11) is 0. The Morgan fingerprint density at radius 2 is 1.00 bits per heavy atom. The van der Waals surface area contributed by atoms with E-state index in [0.29, 0.717) is 0 Å². The minimum absolute atomic E-state index is 0.190. The lowest BCUT2D eigenvalue weighted by Gasteiger charge is -2.15. The fourth-order valence-corrected chi connectivity index (χ4v) is 1.59. The fourth-order valence-electron chi connectivity index (χ4n) is 1.59. The fraction of sp³-hybridized carbons (Fsp3) is 0.125. The molecule has 0 radical (unpaired) electrons. The van der Waals surface area contributed by atoms with Crippen LogP contribution in [0.2, 0.25) is 0 Å². The predicted octanol–water partition coefficient (Wildman–Crippen LogP) is 0.919. The molecule has 0 unspecified atom stereocenters. The number of hydrogen-bond donors (Lipinski definition) is 2. The lowest BCUT2D eigenvalue weighted by atomic mass is 10.2. The summed E-state index contributed by atoms with van der Waals surface area (Å²) in [6.07, 6.45) is -4.09. The van der Waals surface area contributed by atoms with Crippen LogP contribution in [0.1, 0.15) is 0 Å². The van der Waals surface area contributed by atoms with Gasteiger partial charge in [0.25, 0.3) is 0 Å². The van der Waals surface area contributed by atoms with Crippen molar-refractivity contribution in [3.63, 3.8) is 0 Å². The summed E-state index contributed by atoms with van der Waals surface area (Å²) in [4.78, 5) is 23.3. The van der Waals surface area contributed by atoms with Crippen molar-refractivity contribution in [1.82, 2.24) is 0 Å². The highest BCUT2D eigenvalue weighted by Gasteiger charge is 2.33. The predicted molar refractivity (Wildman–Crippen MR) is 76.2 cm³/mol. The lowest BCUT2D eigenvalue weighted by molar-refractivity contribution is -0.162. The maximum absolute atomic E-state index is 11.7. The van der Waals surface area contributed by atoms with Gasteiger partial charge in [-0.3, -0.25) is 0 Å². The first kappa shape index (κ1) is 15.7. The molecule has 2 aromatic carbocycles. The van der Waals surface area contributed by atoms with E-state index in [1.54, 1.807) is 36.4 Å². The second kappa shape index (κ2) is 7.35. The summed E-state index contributed by atoms with van der Waals surface area (Å²) in [5.41, 5.74) is 0. The summed E-state index contributed by atoms with van der Waals surface area (Å²) in [6.45, 7) is 0. The molecule has 6 heteroatoms. The molecule has 0 amide bonds. The van der Waals surface area contributed by atoms with E-state index in [2.05, 4.69) is 0 Å². The summed E-state index contributed by atoms with van der Waals surface area (Å²) < 4.78 is 9.68. The second-order valence-corrected chi connectivity index (χ2v) is 4.36. The molecule has 6 nitrogen and oxygen atoms in total. The van der Waals surface area contributed by atoms with E-state index >= 15 is 0 Å². The van der Waals surface area contributed by atoms with Crippen LogP contribution >= 0.6 is 0 Å². The Morgan fingerprint density at radius 3 is 1.32 bits per heavy atom. The van der Waals surface area contributed by atoms with Gasteiger partial charge in [0, 0.05) is 0 Å². The molecule has 0 aliphatic rings. The maximum Gasteiger partial charge on any atom is 0.343 e. The molecule has 0 bridgehead atoms. The molecule has 0 aliphatic carbocycles. The van der Waals surface area contributed by atoms with Crippen LogP contribution in [0.25, 0.3) is 0 Å². The zero-order valence-corrected chi connectivity index (χ0v) is 11.5. The molecular formula is C16H14O6. The molecule has 0 fully saturated rings. The highest BCUT2D eigenvalue weighted by molar-refractivity contribution is 5.87. The van der Waals surface area contributed by atoms with Gasteiger partial charge < -0.3 is 19.7 Å². The minimum atomic E-state index is -2.04. The van der Waals surface area contributed by atoms with Crippen molar-refractivity contribution in [2.45, 2.75) is 12.2 Å². The summed E-state index contributed by atoms with van der Waals surface area (Å²) in [6, 6.07) is 16.0. The number of aliphatic hydroxyl groups is 2. The molecule has 2 atom stereocenters. The van der Waals surface area contributed by atoms with E-state index in [4.69, 9.17) is 9.47 Å². The van der Waals surface area contributed by atoms with Gasteiger partial charge >= 0.3 is 11.9 Å². The second-order valence-electron chi connectivity index (χ2n) is 4.36. The number of benzene rings is 2. The Bertz CT molecular complexity index is 568. The molecular weight excluding hydrogens is 288 g/mol. The van der Waals surface area contributed by atoms with Crippen molar-refractivity contribution < 1.29 is 29.3 Å². The number of carbonyl (C=O) groups is 2. The van der Waals surface area contributed by atoms with Crippen LogP contribution in [0.5, 0.6) is 11.5 Å². The quantitative estimate of drug-likeness (QED) is 0.630. The number of para-hydroxylation sites is 2. The third-order valence-electron chi connectivity index (χ3n) is 2.71. The van der Waals surface area contributed by atoms with Crippen LogP contribution in [0, 0.1) is 0 Å². The van der Waals surface area contributed by atoms with E-state index in [0.717, 1.165) is 0 Å². The maximum atomic E-state index is 11.7. The average Bonchev–Trinajstić information content (AvgIpc) is 2.55. The largest absolute Gasteiger partial charge is 0.425 e. The average molecular weight is 302 g/mol. The van der Waals surface area contributed by atoms with Crippen molar-refractivity contribution in [2.24, 2.45) is 0 Å². The van der Waals surface area contributed by atoms with Crippen LogP contribution in [0.4, 0.5) is 0 Å². The SMILES string of the molecule is O=C(Oc1ccccc1)[C@@H](O)[C@H](O)C(=O)Oc1ccccc1. The Hall–Kier alpha value is -2.70. The van der Waals surface area contributed by atoms with Gasteiger partial charge in [-0.25, -0.2) is 9.59 Å². The number of aliphatic hydroxyl groups excluding tert-OH is 2. The number of rotatable bonds is 5. The lowest BCUT2D eigenvalue weighted by Crippen LogP contribution is -2.43. The normalized spacial score (nSPS) is 13.0. The van der Waals surface area contributed by atoms with E-state index in [-0.39, 0.29) is 11.5 Å². The van der Waals surface area contributed by atoms with Crippen LogP contribution in [-0.2, 0) is 9.59 Å². The van der Waals surface area contributed by atoms with Gasteiger partial charge in [0.05, 0.1) is 0 Å². The summed E-state index contributed by atoms with van der Waals surface area (Å²) in [5, 5.41) is 19.3. The zero-order valence-electron chi connectivity index (χ0n) is 11.5. The molecule has 114 valence electrons. The van der Waals surface area contributed by atoms with E-state index in [9.17, 15) is 19.8 Å². The van der Waals surface area contributed by atoms with Gasteiger partial charge in [-0.2, -0.15) is 0 Å². The molecule has 0 saturated heterocycles. The van der Waals surface area contributed by atoms with Crippen molar-refractivity contribution in [3.05, 3.63) is 60.7 Å². The molecule has 2 N–H and O–H groups in total. The Morgan fingerprint density at radius 1 is 0.682 bits per heavy atom. The topological polar surface area (TPSA) is 93.1 Å². The summed E-state index contributed by atoms with van der Waals surface area (Å²) in [5.74, 6) is -1.92. The van der Waals surface area contributed by atoms with Crippen molar-refractivity contribution >= 4 is 11.9 Å². The highest BCUT2D eigenvalue weighted by atomic mass is 16.6. The van der Waals surface area contributed by atoms with E-state index in [1.165, 1.54) is 24.3 Å². The first-order chi connectivity index (χ1) is 10.6. The molecule has 0 saturated carbocycles. The molecule has 0 spiro atoms. The third-order valence-corrected chi connectivity index (χ3v) is 2.71. The molecule has 0 heterocycles. The first-order valence-corrected chi connectivity index (χ1v) is 6.47. The number of ether oxygens (including phenoxy) is 2.